The largest absolute Gasteiger partial charge is 0.351 e. The van der Waals surface area contributed by atoms with Crippen molar-refractivity contribution >= 4 is 34.2 Å². The molecular formula is C17H24BrClN2O. The molecule has 3 rings (SSSR count). The third-order valence-electron chi connectivity index (χ3n) is 5.05. The first-order valence-electron chi connectivity index (χ1n) is 7.93. The van der Waals surface area contributed by atoms with E-state index in [1.165, 1.54) is 12.8 Å². The normalized spacial score (nSPS) is 21.0. The highest BCUT2D eigenvalue weighted by molar-refractivity contribution is 9.10. The number of nitrogens with one attached hydrogen (secondary N) is 1. The lowest BCUT2D eigenvalue weighted by molar-refractivity contribution is -0.127. The molecule has 0 spiro atoms. The van der Waals surface area contributed by atoms with Gasteiger partial charge in [0.1, 0.15) is 0 Å². The first-order chi connectivity index (χ1) is 10.2. The van der Waals surface area contributed by atoms with Crippen LogP contribution in [0.25, 0.3) is 0 Å². The smallest absolute Gasteiger partial charge is 0.230 e. The summed E-state index contributed by atoms with van der Waals surface area (Å²) in [5.41, 5.74) is 6.64. The highest BCUT2D eigenvalue weighted by Crippen LogP contribution is 2.42. The molecule has 1 unspecified atom stereocenters. The Bertz CT molecular complexity index is 510. The molecule has 1 aromatic carbocycles. The minimum absolute atomic E-state index is 0. The summed E-state index contributed by atoms with van der Waals surface area (Å²) in [7, 11) is 0. The van der Waals surface area contributed by atoms with Gasteiger partial charge in [-0.05, 0) is 49.3 Å². The molecule has 0 aromatic heterocycles. The van der Waals surface area contributed by atoms with E-state index in [1.54, 1.807) is 0 Å². The van der Waals surface area contributed by atoms with Crippen molar-refractivity contribution in [2.24, 2.45) is 11.7 Å². The van der Waals surface area contributed by atoms with Crippen molar-refractivity contribution in [3.8, 4) is 0 Å². The molecule has 3 nitrogen and oxygen atoms in total. The second-order valence-electron chi connectivity index (χ2n) is 6.45. The SMILES string of the molecule is Cl.NCC(NC(=O)C1(c2ccc(Br)cc2)CCCC1)C1CC1. The Kier molecular flexibility index (Phi) is 5.92. The van der Waals surface area contributed by atoms with Gasteiger partial charge in [0.2, 0.25) is 5.91 Å². The number of carbonyl (C=O) groups is 1. The number of hydrogen-bond donors (Lipinski definition) is 2. The fourth-order valence-corrected chi connectivity index (χ4v) is 3.83. The molecule has 2 aliphatic carbocycles. The van der Waals surface area contributed by atoms with E-state index < -0.39 is 0 Å². The first kappa shape index (κ1) is 17.8. The van der Waals surface area contributed by atoms with Crippen LogP contribution in [-0.2, 0) is 10.2 Å². The van der Waals surface area contributed by atoms with Crippen molar-refractivity contribution < 1.29 is 4.79 Å². The van der Waals surface area contributed by atoms with E-state index in [9.17, 15) is 4.79 Å². The second kappa shape index (κ2) is 7.33. The van der Waals surface area contributed by atoms with E-state index in [0.717, 1.165) is 35.7 Å². The van der Waals surface area contributed by atoms with Crippen LogP contribution in [-0.4, -0.2) is 18.5 Å². The Hall–Kier alpha value is -0.580. The molecule has 2 aliphatic rings. The highest BCUT2D eigenvalue weighted by atomic mass is 79.9. The van der Waals surface area contributed by atoms with Gasteiger partial charge in [-0.3, -0.25) is 4.79 Å². The fraction of sp³-hybridized carbons (Fsp3) is 0.588. The fourth-order valence-electron chi connectivity index (χ4n) is 3.57. The summed E-state index contributed by atoms with van der Waals surface area (Å²) in [5, 5.41) is 3.25. The third-order valence-corrected chi connectivity index (χ3v) is 5.58. The first-order valence-corrected chi connectivity index (χ1v) is 8.72. The van der Waals surface area contributed by atoms with E-state index in [4.69, 9.17) is 5.73 Å². The monoisotopic (exact) mass is 386 g/mol. The van der Waals surface area contributed by atoms with Gasteiger partial charge in [-0.15, -0.1) is 12.4 Å². The van der Waals surface area contributed by atoms with Crippen molar-refractivity contribution in [2.45, 2.75) is 50.0 Å². The summed E-state index contributed by atoms with van der Waals surface area (Å²) in [6, 6.07) is 8.39. The van der Waals surface area contributed by atoms with Gasteiger partial charge in [0, 0.05) is 17.1 Å². The summed E-state index contributed by atoms with van der Waals surface area (Å²) in [5.74, 6) is 0.784. The predicted molar refractivity (Wildman–Crippen MR) is 95.2 cm³/mol. The summed E-state index contributed by atoms with van der Waals surface area (Å²) in [6.45, 7) is 0.548. The molecule has 22 heavy (non-hydrogen) atoms. The van der Waals surface area contributed by atoms with Crippen LogP contribution in [0.2, 0.25) is 0 Å². The zero-order valence-electron chi connectivity index (χ0n) is 12.7. The molecule has 0 heterocycles. The van der Waals surface area contributed by atoms with Crippen LogP contribution in [0.3, 0.4) is 0 Å². The van der Waals surface area contributed by atoms with Gasteiger partial charge in [-0.1, -0.05) is 40.9 Å². The van der Waals surface area contributed by atoms with Crippen LogP contribution in [0.1, 0.15) is 44.1 Å². The summed E-state index contributed by atoms with van der Waals surface area (Å²) < 4.78 is 1.05. The van der Waals surface area contributed by atoms with E-state index >= 15 is 0 Å². The standard InChI is InChI=1S/C17H23BrN2O.ClH/c18-14-7-5-13(6-8-14)17(9-1-2-10-17)16(21)20-15(11-19)12-3-4-12;/h5-8,12,15H,1-4,9-11,19H2,(H,20,21);1H. The number of halogens is 2. The molecule has 122 valence electrons. The van der Waals surface area contributed by atoms with Crippen LogP contribution in [0.15, 0.2) is 28.7 Å². The molecule has 0 aliphatic heterocycles. The Morgan fingerprint density at radius 2 is 1.86 bits per heavy atom. The van der Waals surface area contributed by atoms with Crippen LogP contribution >= 0.6 is 28.3 Å². The van der Waals surface area contributed by atoms with E-state index in [0.29, 0.717) is 12.5 Å². The van der Waals surface area contributed by atoms with Crippen molar-refractivity contribution in [3.05, 3.63) is 34.3 Å². The van der Waals surface area contributed by atoms with Crippen molar-refractivity contribution in [3.63, 3.8) is 0 Å². The molecule has 0 saturated heterocycles. The van der Waals surface area contributed by atoms with Gasteiger partial charge in [0.05, 0.1) is 5.41 Å². The van der Waals surface area contributed by atoms with Crippen LogP contribution < -0.4 is 11.1 Å². The quantitative estimate of drug-likeness (QED) is 0.812. The van der Waals surface area contributed by atoms with Gasteiger partial charge in [0.15, 0.2) is 0 Å². The molecule has 2 saturated carbocycles. The molecule has 0 bridgehead atoms. The van der Waals surface area contributed by atoms with Gasteiger partial charge >= 0.3 is 0 Å². The van der Waals surface area contributed by atoms with Crippen molar-refractivity contribution in [2.75, 3.05) is 6.54 Å². The summed E-state index contributed by atoms with van der Waals surface area (Å²) in [4.78, 5) is 13.0. The van der Waals surface area contributed by atoms with Gasteiger partial charge < -0.3 is 11.1 Å². The van der Waals surface area contributed by atoms with Crippen molar-refractivity contribution in [1.82, 2.24) is 5.32 Å². The molecule has 0 radical (unpaired) electrons. The lowest BCUT2D eigenvalue weighted by Crippen LogP contribution is -2.50. The zero-order valence-corrected chi connectivity index (χ0v) is 15.1. The molecule has 3 N–H and O–H groups in total. The minimum Gasteiger partial charge on any atom is -0.351 e. The van der Waals surface area contributed by atoms with Gasteiger partial charge in [-0.2, -0.15) is 0 Å². The zero-order chi connectivity index (χ0) is 14.9. The maximum atomic E-state index is 13.0. The summed E-state index contributed by atoms with van der Waals surface area (Å²) in [6.07, 6.45) is 6.55. The average molecular weight is 388 g/mol. The van der Waals surface area contributed by atoms with E-state index in [1.807, 2.05) is 12.1 Å². The lowest BCUT2D eigenvalue weighted by Gasteiger charge is -2.31. The minimum atomic E-state index is -0.344. The number of rotatable bonds is 5. The lowest BCUT2D eigenvalue weighted by atomic mass is 9.77. The topological polar surface area (TPSA) is 55.1 Å². The third kappa shape index (κ3) is 3.50. The second-order valence-corrected chi connectivity index (χ2v) is 7.36. The number of hydrogen-bond acceptors (Lipinski definition) is 2. The molecule has 2 fully saturated rings. The summed E-state index contributed by atoms with van der Waals surface area (Å²) >= 11 is 3.47. The molecule has 1 aromatic rings. The van der Waals surface area contributed by atoms with E-state index in [-0.39, 0.29) is 29.8 Å². The predicted octanol–water partition coefficient (Wildman–Crippen LogP) is 3.54. The average Bonchev–Trinajstić information content (AvgIpc) is 3.21. The number of benzene rings is 1. The maximum absolute atomic E-state index is 13.0. The molecule has 5 heteroatoms. The Labute approximate surface area is 147 Å². The van der Waals surface area contributed by atoms with Crippen LogP contribution in [0, 0.1) is 5.92 Å². The molecular weight excluding hydrogens is 364 g/mol. The highest BCUT2D eigenvalue weighted by Gasteiger charge is 2.44. The van der Waals surface area contributed by atoms with E-state index in [2.05, 4.69) is 33.4 Å². The Morgan fingerprint density at radius 1 is 1.27 bits per heavy atom. The van der Waals surface area contributed by atoms with Gasteiger partial charge in [0.25, 0.3) is 0 Å². The molecule has 1 atom stereocenters. The molecule has 1 amide bonds. The number of nitrogens with two attached hydrogens (primary N) is 1. The number of carbonyl (C=O) groups excluding carboxylic acids is 1. The maximum Gasteiger partial charge on any atom is 0.230 e. The van der Waals surface area contributed by atoms with Crippen LogP contribution in [0.5, 0.6) is 0 Å². The Balaban J connectivity index is 0.00000176. The van der Waals surface area contributed by atoms with Gasteiger partial charge in [-0.25, -0.2) is 0 Å². The van der Waals surface area contributed by atoms with Crippen LogP contribution in [0.4, 0.5) is 0 Å². The Morgan fingerprint density at radius 3 is 2.36 bits per heavy atom. The number of amides is 1. The van der Waals surface area contributed by atoms with Crippen molar-refractivity contribution in [1.29, 1.82) is 0 Å².